The number of halogens is 2. The Morgan fingerprint density at radius 1 is 1.26 bits per heavy atom. The van der Waals surface area contributed by atoms with Crippen molar-refractivity contribution in [3.63, 3.8) is 0 Å². The Balaban J connectivity index is 2.12. The van der Waals surface area contributed by atoms with Crippen molar-refractivity contribution in [1.82, 2.24) is 4.72 Å². The second-order valence-corrected chi connectivity index (χ2v) is 7.95. The fourth-order valence-corrected chi connectivity index (χ4v) is 4.99. The van der Waals surface area contributed by atoms with Crippen LogP contribution in [-0.2, 0) is 10.0 Å². The third kappa shape index (κ3) is 3.51. The molecular weight excluding hydrogens is 350 g/mol. The second kappa shape index (κ2) is 6.12. The van der Waals surface area contributed by atoms with E-state index in [4.69, 9.17) is 11.6 Å². The molecule has 3 nitrogen and oxygen atoms in total. The largest absolute Gasteiger partial charge is 0.241 e. The van der Waals surface area contributed by atoms with Gasteiger partial charge in [0.2, 0.25) is 10.0 Å². The minimum atomic E-state index is -3.48. The summed E-state index contributed by atoms with van der Waals surface area (Å²) in [4.78, 5) is 0.276. The van der Waals surface area contributed by atoms with Gasteiger partial charge in [-0.15, -0.1) is 11.6 Å². The lowest BCUT2D eigenvalue weighted by molar-refractivity contribution is 0.342. The summed E-state index contributed by atoms with van der Waals surface area (Å²) in [5.41, 5.74) is -0.0735. The first-order valence-electron chi connectivity index (χ1n) is 6.29. The number of hydrogen-bond acceptors (Lipinski definition) is 2. The maximum Gasteiger partial charge on any atom is 0.241 e. The first kappa shape index (κ1) is 15.3. The van der Waals surface area contributed by atoms with Crippen molar-refractivity contribution in [3.05, 3.63) is 28.7 Å². The average Bonchev–Trinajstić information content (AvgIpc) is 2.86. The zero-order chi connectivity index (χ0) is 13.9. The van der Waals surface area contributed by atoms with E-state index in [1.54, 1.807) is 24.3 Å². The summed E-state index contributed by atoms with van der Waals surface area (Å²) in [6.45, 7) is 0.417. The Morgan fingerprint density at radius 2 is 1.89 bits per heavy atom. The van der Waals surface area contributed by atoms with Gasteiger partial charge in [-0.1, -0.05) is 25.0 Å². The van der Waals surface area contributed by atoms with Gasteiger partial charge in [-0.05, 0) is 46.3 Å². The van der Waals surface area contributed by atoms with Crippen LogP contribution in [0.2, 0.25) is 0 Å². The van der Waals surface area contributed by atoms with E-state index in [1.807, 2.05) is 0 Å². The standard InChI is InChI=1S/C13H17BrClNO2S/c14-11-5-1-2-6-12(11)19(17,18)16-10-13(9-15)7-3-4-8-13/h1-2,5-6,16H,3-4,7-10H2. The Labute approximate surface area is 127 Å². The monoisotopic (exact) mass is 365 g/mol. The molecule has 6 heteroatoms. The summed E-state index contributed by atoms with van der Waals surface area (Å²) in [5.74, 6) is 0.505. The number of hydrogen-bond donors (Lipinski definition) is 1. The fourth-order valence-electron chi connectivity index (χ4n) is 2.47. The van der Waals surface area contributed by atoms with Crippen LogP contribution in [0, 0.1) is 5.41 Å². The SMILES string of the molecule is O=S(=O)(NCC1(CCl)CCCC1)c1ccccc1Br. The van der Waals surface area contributed by atoms with Crippen LogP contribution in [0.3, 0.4) is 0 Å². The van der Waals surface area contributed by atoms with Crippen molar-refractivity contribution in [2.45, 2.75) is 30.6 Å². The molecule has 1 aliphatic rings. The van der Waals surface area contributed by atoms with Crippen molar-refractivity contribution >= 4 is 37.6 Å². The molecule has 1 saturated carbocycles. The van der Waals surface area contributed by atoms with Gasteiger partial charge in [0.15, 0.2) is 0 Å². The number of alkyl halides is 1. The number of benzene rings is 1. The zero-order valence-corrected chi connectivity index (χ0v) is 13.7. The molecule has 0 saturated heterocycles. The van der Waals surface area contributed by atoms with Crippen LogP contribution in [0.4, 0.5) is 0 Å². The lowest BCUT2D eigenvalue weighted by atomic mass is 9.89. The molecule has 0 spiro atoms. The molecule has 106 valence electrons. The van der Waals surface area contributed by atoms with Crippen LogP contribution in [0.1, 0.15) is 25.7 Å². The summed E-state index contributed by atoms with van der Waals surface area (Å²) in [7, 11) is -3.48. The van der Waals surface area contributed by atoms with Gasteiger partial charge in [-0.2, -0.15) is 0 Å². The van der Waals surface area contributed by atoms with Gasteiger partial charge in [0.05, 0.1) is 4.90 Å². The van der Waals surface area contributed by atoms with Crippen LogP contribution in [0.25, 0.3) is 0 Å². The molecule has 0 aromatic heterocycles. The van der Waals surface area contributed by atoms with E-state index in [0.29, 0.717) is 16.9 Å². The van der Waals surface area contributed by atoms with Gasteiger partial charge in [0.1, 0.15) is 0 Å². The first-order valence-corrected chi connectivity index (χ1v) is 9.10. The quantitative estimate of drug-likeness (QED) is 0.810. The molecule has 0 amide bonds. The van der Waals surface area contributed by atoms with E-state index in [-0.39, 0.29) is 10.3 Å². The molecule has 0 aliphatic heterocycles. The lowest BCUT2D eigenvalue weighted by Gasteiger charge is -2.26. The van der Waals surface area contributed by atoms with Crippen molar-refractivity contribution in [3.8, 4) is 0 Å². The van der Waals surface area contributed by atoms with E-state index < -0.39 is 10.0 Å². The van der Waals surface area contributed by atoms with Gasteiger partial charge in [0, 0.05) is 16.9 Å². The molecule has 1 aromatic rings. The Bertz CT molecular complexity index is 541. The average molecular weight is 367 g/mol. The smallest absolute Gasteiger partial charge is 0.211 e. The van der Waals surface area contributed by atoms with E-state index in [0.717, 1.165) is 25.7 Å². The Kier molecular flexibility index (Phi) is 4.93. The molecule has 0 heterocycles. The zero-order valence-electron chi connectivity index (χ0n) is 10.5. The summed E-state index contributed by atoms with van der Waals surface area (Å²) >= 11 is 9.30. The third-order valence-corrected chi connectivity index (χ3v) is 6.69. The summed E-state index contributed by atoms with van der Waals surface area (Å²) in [6, 6.07) is 6.82. The predicted molar refractivity (Wildman–Crippen MR) is 81.0 cm³/mol. The molecule has 1 aromatic carbocycles. The summed E-state index contributed by atoms with van der Waals surface area (Å²) in [6.07, 6.45) is 4.25. The first-order chi connectivity index (χ1) is 8.99. The van der Waals surface area contributed by atoms with Crippen molar-refractivity contribution in [1.29, 1.82) is 0 Å². The van der Waals surface area contributed by atoms with Crippen LogP contribution in [-0.4, -0.2) is 20.8 Å². The molecule has 1 aliphatic carbocycles. The number of nitrogens with one attached hydrogen (secondary N) is 1. The molecule has 19 heavy (non-hydrogen) atoms. The van der Waals surface area contributed by atoms with Crippen LogP contribution in [0.15, 0.2) is 33.6 Å². The van der Waals surface area contributed by atoms with E-state index >= 15 is 0 Å². The highest BCUT2D eigenvalue weighted by Gasteiger charge is 2.34. The maximum absolute atomic E-state index is 12.3. The van der Waals surface area contributed by atoms with Crippen molar-refractivity contribution < 1.29 is 8.42 Å². The van der Waals surface area contributed by atoms with Crippen molar-refractivity contribution in [2.75, 3.05) is 12.4 Å². The molecule has 1 N–H and O–H groups in total. The van der Waals surface area contributed by atoms with Crippen LogP contribution < -0.4 is 4.72 Å². The summed E-state index contributed by atoms with van der Waals surface area (Å²) in [5, 5.41) is 0. The molecule has 0 radical (unpaired) electrons. The van der Waals surface area contributed by atoms with E-state index in [1.165, 1.54) is 0 Å². The minimum absolute atomic E-state index is 0.0735. The van der Waals surface area contributed by atoms with E-state index in [9.17, 15) is 8.42 Å². The highest BCUT2D eigenvalue weighted by atomic mass is 79.9. The second-order valence-electron chi connectivity index (χ2n) is 5.10. The molecule has 0 atom stereocenters. The normalized spacial score (nSPS) is 18.6. The highest BCUT2D eigenvalue weighted by Crippen LogP contribution is 2.38. The van der Waals surface area contributed by atoms with Gasteiger partial charge in [-0.3, -0.25) is 0 Å². The predicted octanol–water partition coefficient (Wildman–Crippen LogP) is 3.53. The summed E-state index contributed by atoms with van der Waals surface area (Å²) < 4.78 is 27.9. The topological polar surface area (TPSA) is 46.2 Å². The lowest BCUT2D eigenvalue weighted by Crippen LogP contribution is -2.37. The fraction of sp³-hybridized carbons (Fsp3) is 0.538. The van der Waals surface area contributed by atoms with Crippen molar-refractivity contribution in [2.24, 2.45) is 5.41 Å². The van der Waals surface area contributed by atoms with Gasteiger partial charge >= 0.3 is 0 Å². The molecular formula is C13H17BrClNO2S. The minimum Gasteiger partial charge on any atom is -0.211 e. The van der Waals surface area contributed by atoms with Crippen LogP contribution >= 0.6 is 27.5 Å². The highest BCUT2D eigenvalue weighted by molar-refractivity contribution is 9.10. The molecule has 1 fully saturated rings. The van der Waals surface area contributed by atoms with Gasteiger partial charge in [0.25, 0.3) is 0 Å². The number of sulfonamides is 1. The van der Waals surface area contributed by atoms with E-state index in [2.05, 4.69) is 20.7 Å². The molecule has 2 rings (SSSR count). The Morgan fingerprint density at radius 3 is 2.47 bits per heavy atom. The molecule has 0 bridgehead atoms. The van der Waals surface area contributed by atoms with Crippen LogP contribution in [0.5, 0.6) is 0 Å². The molecule has 0 unspecified atom stereocenters. The van der Waals surface area contributed by atoms with Gasteiger partial charge < -0.3 is 0 Å². The number of rotatable bonds is 5. The maximum atomic E-state index is 12.3. The van der Waals surface area contributed by atoms with Gasteiger partial charge in [-0.25, -0.2) is 13.1 Å². The Hall–Kier alpha value is -0.100. The third-order valence-electron chi connectivity index (χ3n) is 3.71.